The average Bonchev–Trinajstić information content (AvgIpc) is 3.24. The van der Waals surface area contributed by atoms with Crippen LogP contribution < -0.4 is 140 Å². The Hall–Kier alpha value is -4.58. The molecule has 68 heavy (non-hydrogen) atoms. The van der Waals surface area contributed by atoms with E-state index in [1.54, 1.807) is 0 Å². The second-order valence-electron chi connectivity index (χ2n) is 13.3. The van der Waals surface area contributed by atoms with E-state index in [9.17, 15) is 56.0 Å². The molecule has 0 radical (unpaired) electrons. The van der Waals surface area contributed by atoms with Gasteiger partial charge in [-0.1, -0.05) is 12.1 Å². The van der Waals surface area contributed by atoms with Gasteiger partial charge in [0.25, 0.3) is 0 Å². The second-order valence-corrected chi connectivity index (χ2v) is 16.0. The fraction of sp³-hybridized carbons (Fsp3) is 0. The number of nitrogen functional groups attached to an aromatic ring is 2. The van der Waals surface area contributed by atoms with Gasteiger partial charge in [0, 0.05) is 32.7 Å². The number of carbonyl (C=O) groups is 2. The minimum Gasteiger partial charge on any atom is -0.744 e. The number of azo groups is 4. The van der Waals surface area contributed by atoms with Crippen molar-refractivity contribution >= 4 is 111 Å². The zero-order chi connectivity index (χ0) is 46.1. The average molecular weight is 993 g/mol. The summed E-state index contributed by atoms with van der Waals surface area (Å²) in [6.45, 7) is 0. The summed E-state index contributed by atoms with van der Waals surface area (Å²) < 4.78 is 71.9. The van der Waals surface area contributed by atoms with Crippen LogP contribution in [0.25, 0.3) is 21.5 Å². The van der Waals surface area contributed by atoms with Crippen molar-refractivity contribution in [2.24, 2.45) is 40.9 Å². The van der Waals surface area contributed by atoms with Crippen LogP contribution in [-0.2, 0) is 20.2 Å². The predicted octanol–water partition coefficient (Wildman–Crippen LogP) is -5.22. The maximum absolute atomic E-state index is 12.0. The number of nitrogens with two attached hydrogens (primary N) is 2. The van der Waals surface area contributed by atoms with E-state index >= 15 is 0 Å². The molecule has 7 aromatic rings. The minimum absolute atomic E-state index is 0. The van der Waals surface area contributed by atoms with Gasteiger partial charge in [-0.25, -0.2) is 16.8 Å². The fourth-order valence-electron chi connectivity index (χ4n) is 5.97. The Morgan fingerprint density at radius 1 is 0.412 bits per heavy atom. The van der Waals surface area contributed by atoms with Crippen LogP contribution in [-0.4, -0.2) is 48.1 Å². The molecule has 0 fully saturated rings. The minimum atomic E-state index is -4.96. The molecule has 0 heterocycles. The summed E-state index contributed by atoms with van der Waals surface area (Å²) in [5, 5.41) is 76.0. The summed E-state index contributed by atoms with van der Waals surface area (Å²) in [4.78, 5) is 21.5. The van der Waals surface area contributed by atoms with Crippen LogP contribution >= 0.6 is 0 Å². The van der Waals surface area contributed by atoms with Gasteiger partial charge in [0.05, 0.1) is 67.2 Å². The maximum Gasteiger partial charge on any atom is 1.00 e. The Balaban J connectivity index is 0.00000306. The second kappa shape index (κ2) is 23.8. The molecule has 22 nitrogen and oxygen atoms in total. The smallest absolute Gasteiger partial charge is 0.744 e. The van der Waals surface area contributed by atoms with Crippen LogP contribution in [0, 0.1) is 0 Å². The quantitative estimate of drug-likeness (QED) is 0.0385. The number of carbonyl (C=O) groups excluding carboxylic acids is 2. The van der Waals surface area contributed by atoms with Gasteiger partial charge in [0.15, 0.2) is 0 Å². The van der Waals surface area contributed by atoms with Crippen molar-refractivity contribution in [1.29, 1.82) is 0 Å². The summed E-state index contributed by atoms with van der Waals surface area (Å²) >= 11 is 0. The van der Waals surface area contributed by atoms with E-state index in [1.165, 1.54) is 60.7 Å². The van der Waals surface area contributed by atoms with E-state index in [1.807, 2.05) is 0 Å². The molecule has 0 aliphatic heterocycles. The third kappa shape index (κ3) is 13.4. The summed E-state index contributed by atoms with van der Waals surface area (Å²) in [6.07, 6.45) is 0. The molecule has 0 aliphatic rings. The van der Waals surface area contributed by atoms with Crippen LogP contribution in [0.15, 0.2) is 160 Å². The van der Waals surface area contributed by atoms with Crippen molar-refractivity contribution < 1.29 is 174 Å². The zero-order valence-electron chi connectivity index (χ0n) is 35.9. The number of hydrogen-bond donors (Lipinski definition) is 4. The van der Waals surface area contributed by atoms with E-state index in [0.29, 0.717) is 0 Å². The summed E-state index contributed by atoms with van der Waals surface area (Å²) in [5.41, 5.74) is 11.7. The normalized spacial score (nSPS) is 11.7. The van der Waals surface area contributed by atoms with Crippen LogP contribution in [0.5, 0.6) is 11.5 Å². The van der Waals surface area contributed by atoms with Gasteiger partial charge in [-0.15, -0.1) is 30.7 Å². The largest absolute Gasteiger partial charge is 1.00 e. The van der Waals surface area contributed by atoms with Crippen molar-refractivity contribution in [1.82, 2.24) is 0 Å². The van der Waals surface area contributed by atoms with E-state index in [0.717, 1.165) is 48.5 Å². The predicted molar refractivity (Wildman–Crippen MR) is 221 cm³/mol. The number of hydrogen-bond acceptors (Lipinski definition) is 22. The number of carboxylic acids is 2. The van der Waals surface area contributed by atoms with E-state index in [4.69, 9.17) is 11.5 Å². The van der Waals surface area contributed by atoms with Gasteiger partial charge in [-0.05, 0) is 97.1 Å². The zero-order valence-corrected chi connectivity index (χ0v) is 45.6. The molecule has 0 atom stereocenters. The standard InChI is InChI=1S/C40H28N10O12S2.4Na/c41-29-17-30(42)36(50-48-34-10-8-32(24-6-4-22(16-26(24)34)64(60,61)62)46-44-20-2-12-38(52)28(14-20)40(55)56)18-35(29)49-47-33-9-7-31(23-5-3-21(15-25(23)33)63(57,58)59)45-43-19-1-11-37(51)27(13-19)39(53)54;;;;/h1-18,51-52H,41-42H2,(H,53,54)(H,55,56)(H,57,58,59)(H,60,61,62);;;;/q;4*+1/p-4. The van der Waals surface area contributed by atoms with E-state index in [-0.39, 0.29) is 197 Å². The third-order valence-electron chi connectivity index (χ3n) is 9.11. The molecule has 0 unspecified atom stereocenters. The van der Waals surface area contributed by atoms with Crippen molar-refractivity contribution in [3.63, 3.8) is 0 Å². The molecule has 0 amide bonds. The maximum atomic E-state index is 12.0. The molecular weight excluding hydrogens is 969 g/mol. The molecule has 7 rings (SSSR count). The monoisotopic (exact) mass is 992 g/mol. The van der Waals surface area contributed by atoms with Crippen molar-refractivity contribution in [3.05, 3.63) is 120 Å². The van der Waals surface area contributed by atoms with Gasteiger partial charge < -0.3 is 50.6 Å². The number of nitrogens with zero attached hydrogens (tertiary/aromatic N) is 8. The number of fused-ring (bicyclic) bond motifs is 2. The van der Waals surface area contributed by atoms with Gasteiger partial charge >= 0.3 is 118 Å². The SMILES string of the molecule is Nc1cc(N)c(N=Nc2ccc(N=Nc3ccc(O)c(C(=O)[O-])c3)c3ccc(S(=O)(=O)[O-])cc23)cc1N=Nc1ccc(N=Nc2ccc(O)c(C(=O)[O-])c2)c2ccc(S(=O)(=O)[O-])cc12.[Na+].[Na+].[Na+].[Na+]. The third-order valence-corrected chi connectivity index (χ3v) is 10.8. The summed E-state index contributed by atoms with van der Waals surface area (Å²) in [5.74, 6) is -4.41. The van der Waals surface area contributed by atoms with Gasteiger partial charge in [-0.2, -0.15) is 10.2 Å². The number of aromatic carboxylic acids is 2. The van der Waals surface area contributed by atoms with Gasteiger partial charge in [-0.3, -0.25) is 0 Å². The van der Waals surface area contributed by atoms with Crippen LogP contribution in [0.4, 0.5) is 56.9 Å². The van der Waals surface area contributed by atoms with E-state index in [2.05, 4.69) is 40.9 Å². The molecule has 0 bridgehead atoms. The Morgan fingerprint density at radius 2 is 0.735 bits per heavy atom. The number of carboxylic acid groups (broad SMARTS) is 2. The van der Waals surface area contributed by atoms with Crippen LogP contribution in [0.1, 0.15) is 20.7 Å². The molecule has 7 aromatic carbocycles. The first-order valence-electron chi connectivity index (χ1n) is 17.8. The molecule has 322 valence electrons. The number of benzene rings is 7. The van der Waals surface area contributed by atoms with Crippen LogP contribution in [0.2, 0.25) is 0 Å². The number of rotatable bonds is 12. The van der Waals surface area contributed by atoms with Crippen molar-refractivity contribution in [2.75, 3.05) is 11.5 Å². The van der Waals surface area contributed by atoms with Crippen molar-refractivity contribution in [2.45, 2.75) is 9.79 Å². The fourth-order valence-corrected chi connectivity index (χ4v) is 6.97. The molecule has 0 aliphatic carbocycles. The summed E-state index contributed by atoms with van der Waals surface area (Å²) in [6, 6.07) is 21.7. The Kier molecular flexibility index (Phi) is 20.2. The number of aromatic hydroxyl groups is 2. The first-order chi connectivity index (χ1) is 30.3. The van der Waals surface area contributed by atoms with Gasteiger partial charge in [0.2, 0.25) is 0 Å². The number of phenols is 2. The molecule has 28 heteroatoms. The first-order valence-corrected chi connectivity index (χ1v) is 20.6. The number of anilines is 2. The molecule has 0 aromatic heterocycles. The van der Waals surface area contributed by atoms with E-state index < -0.39 is 64.6 Å². The topological polar surface area (TPSA) is 386 Å². The summed E-state index contributed by atoms with van der Waals surface area (Å²) in [7, 11) is -9.91. The first kappa shape index (κ1) is 57.7. The van der Waals surface area contributed by atoms with Crippen LogP contribution in [0.3, 0.4) is 0 Å². The van der Waals surface area contributed by atoms with Gasteiger partial charge in [0.1, 0.15) is 43.1 Å². The molecule has 0 saturated carbocycles. The Bertz CT molecular complexity index is 3270. The molecular formula is C40H24N10Na4O12S2. The Labute approximate surface area is 473 Å². The Morgan fingerprint density at radius 3 is 1.07 bits per heavy atom. The molecule has 6 N–H and O–H groups in total. The molecule has 0 spiro atoms. The van der Waals surface area contributed by atoms with Crippen molar-refractivity contribution in [3.8, 4) is 11.5 Å². The molecule has 0 saturated heterocycles.